The predicted molar refractivity (Wildman–Crippen MR) is 104 cm³/mol. The SMILES string of the molecule is COc1ccc(C(=O)Nc2cnccc2C(=O)NCC(=O)N2CC(F)(F)[C@H]2C#N)cc1. The lowest BCUT2D eigenvalue weighted by Gasteiger charge is -2.43. The zero-order chi connectivity index (χ0) is 22.6. The zero-order valence-electron chi connectivity index (χ0n) is 16.3. The Morgan fingerprint density at radius 2 is 1.97 bits per heavy atom. The number of amides is 3. The van der Waals surface area contributed by atoms with E-state index in [1.807, 2.05) is 0 Å². The second-order valence-electron chi connectivity index (χ2n) is 6.60. The number of hydrogen-bond donors (Lipinski definition) is 2. The number of likely N-dealkylation sites (tertiary alicyclic amines) is 1. The minimum Gasteiger partial charge on any atom is -0.497 e. The molecule has 31 heavy (non-hydrogen) atoms. The quantitative estimate of drug-likeness (QED) is 0.716. The highest BCUT2D eigenvalue weighted by Crippen LogP contribution is 2.34. The fourth-order valence-electron chi connectivity index (χ4n) is 2.90. The summed E-state index contributed by atoms with van der Waals surface area (Å²) < 4.78 is 31.6. The molecule has 0 radical (unpaired) electrons. The van der Waals surface area contributed by atoms with Crippen molar-refractivity contribution >= 4 is 23.4 Å². The molecule has 0 unspecified atom stereocenters. The van der Waals surface area contributed by atoms with Gasteiger partial charge in [0.25, 0.3) is 17.7 Å². The molecule has 1 aromatic heterocycles. The molecule has 1 saturated heterocycles. The van der Waals surface area contributed by atoms with Crippen LogP contribution in [0.25, 0.3) is 0 Å². The molecule has 1 atom stereocenters. The van der Waals surface area contributed by atoms with Crippen molar-refractivity contribution in [1.82, 2.24) is 15.2 Å². The highest BCUT2D eigenvalue weighted by molar-refractivity contribution is 6.09. The van der Waals surface area contributed by atoms with Crippen LogP contribution in [-0.2, 0) is 4.79 Å². The number of alkyl halides is 2. The molecular weight excluding hydrogens is 412 g/mol. The maximum absolute atomic E-state index is 13.3. The molecule has 0 spiro atoms. The van der Waals surface area contributed by atoms with Crippen LogP contribution >= 0.6 is 0 Å². The standard InChI is InChI=1S/C20H17F2N5O4/c1-31-13-4-2-12(3-5-13)18(29)26-15-9-24-7-6-14(15)19(30)25-10-17(28)27-11-20(21,22)16(27)8-23/h2-7,9,16H,10-11H2,1H3,(H,25,30)(H,26,29)/t16-/m1/s1. The van der Waals surface area contributed by atoms with Gasteiger partial charge in [0.2, 0.25) is 5.91 Å². The van der Waals surface area contributed by atoms with E-state index < -0.39 is 42.8 Å². The van der Waals surface area contributed by atoms with E-state index in [2.05, 4.69) is 15.6 Å². The van der Waals surface area contributed by atoms with E-state index in [4.69, 9.17) is 10.00 Å². The molecule has 1 aromatic carbocycles. The maximum atomic E-state index is 13.3. The van der Waals surface area contributed by atoms with Gasteiger partial charge in [-0.2, -0.15) is 5.26 Å². The predicted octanol–water partition coefficient (Wildman–Crippen LogP) is 1.44. The number of anilines is 1. The van der Waals surface area contributed by atoms with Gasteiger partial charge >= 0.3 is 0 Å². The van der Waals surface area contributed by atoms with Crippen molar-refractivity contribution in [3.8, 4) is 11.8 Å². The number of carbonyl (C=O) groups excluding carboxylic acids is 3. The van der Waals surface area contributed by atoms with Gasteiger partial charge in [-0.3, -0.25) is 19.4 Å². The van der Waals surface area contributed by atoms with Gasteiger partial charge in [0.15, 0.2) is 6.04 Å². The number of nitrogens with zero attached hydrogens (tertiary/aromatic N) is 3. The molecular formula is C20H17F2N5O4. The van der Waals surface area contributed by atoms with Gasteiger partial charge in [0.05, 0.1) is 43.7 Å². The highest BCUT2D eigenvalue weighted by atomic mass is 19.3. The van der Waals surface area contributed by atoms with Gasteiger partial charge < -0.3 is 20.3 Å². The number of ether oxygens (including phenoxy) is 1. The summed E-state index contributed by atoms with van der Waals surface area (Å²) in [6, 6.07) is 7.14. The van der Waals surface area contributed by atoms with Gasteiger partial charge in [-0.25, -0.2) is 8.78 Å². The fraction of sp³-hybridized carbons (Fsp3) is 0.250. The number of carbonyl (C=O) groups is 3. The number of methoxy groups -OCH3 is 1. The molecule has 2 heterocycles. The number of nitrogens with one attached hydrogen (secondary N) is 2. The van der Waals surface area contributed by atoms with Gasteiger partial charge in [-0.1, -0.05) is 0 Å². The molecule has 9 nitrogen and oxygen atoms in total. The van der Waals surface area contributed by atoms with Crippen LogP contribution in [0.4, 0.5) is 14.5 Å². The van der Waals surface area contributed by atoms with Crippen LogP contribution in [0.15, 0.2) is 42.7 Å². The Morgan fingerprint density at radius 1 is 1.26 bits per heavy atom. The third kappa shape index (κ3) is 4.58. The molecule has 1 fully saturated rings. The topological polar surface area (TPSA) is 124 Å². The van der Waals surface area contributed by atoms with Crippen molar-refractivity contribution in [2.45, 2.75) is 12.0 Å². The molecule has 2 aromatic rings. The van der Waals surface area contributed by atoms with Crippen molar-refractivity contribution in [2.24, 2.45) is 0 Å². The summed E-state index contributed by atoms with van der Waals surface area (Å²) in [7, 11) is 1.49. The van der Waals surface area contributed by atoms with E-state index in [-0.39, 0.29) is 11.3 Å². The first-order chi connectivity index (χ1) is 14.8. The number of halogens is 2. The molecule has 11 heteroatoms. The van der Waals surface area contributed by atoms with E-state index in [9.17, 15) is 23.2 Å². The summed E-state index contributed by atoms with van der Waals surface area (Å²) in [4.78, 5) is 41.6. The van der Waals surface area contributed by atoms with Crippen LogP contribution in [-0.4, -0.2) is 59.8 Å². The first-order valence-electron chi connectivity index (χ1n) is 9.01. The number of hydrogen-bond acceptors (Lipinski definition) is 6. The van der Waals surface area contributed by atoms with Gasteiger partial charge in [-0.05, 0) is 30.3 Å². The summed E-state index contributed by atoms with van der Waals surface area (Å²) in [5.41, 5.74) is 0.432. The number of benzene rings is 1. The lowest BCUT2D eigenvalue weighted by molar-refractivity contribution is -0.180. The third-order valence-corrected chi connectivity index (χ3v) is 4.60. The number of pyridine rings is 1. The van der Waals surface area contributed by atoms with Crippen molar-refractivity contribution < 1.29 is 27.9 Å². The van der Waals surface area contributed by atoms with Crippen LogP contribution in [0.5, 0.6) is 5.75 Å². The summed E-state index contributed by atoms with van der Waals surface area (Å²) in [6.45, 7) is -1.46. The molecule has 1 aliphatic heterocycles. The first kappa shape index (κ1) is 21.6. The van der Waals surface area contributed by atoms with Crippen molar-refractivity contribution in [1.29, 1.82) is 5.26 Å². The number of rotatable bonds is 6. The lowest BCUT2D eigenvalue weighted by Crippen LogP contribution is -2.67. The normalized spacial score (nSPS) is 16.5. The second-order valence-corrected chi connectivity index (χ2v) is 6.60. The van der Waals surface area contributed by atoms with E-state index in [0.29, 0.717) is 16.2 Å². The first-order valence-corrected chi connectivity index (χ1v) is 9.01. The summed E-state index contributed by atoms with van der Waals surface area (Å²) in [6.07, 6.45) is 2.58. The maximum Gasteiger partial charge on any atom is 0.298 e. The second kappa shape index (κ2) is 8.74. The van der Waals surface area contributed by atoms with Crippen LogP contribution in [0.1, 0.15) is 20.7 Å². The Morgan fingerprint density at radius 3 is 2.58 bits per heavy atom. The van der Waals surface area contributed by atoms with Gasteiger partial charge in [-0.15, -0.1) is 0 Å². The molecule has 0 saturated carbocycles. The fourth-order valence-corrected chi connectivity index (χ4v) is 2.90. The summed E-state index contributed by atoms with van der Waals surface area (Å²) >= 11 is 0. The molecule has 160 valence electrons. The average Bonchev–Trinajstić information content (AvgIpc) is 2.76. The Bertz CT molecular complexity index is 1050. The van der Waals surface area contributed by atoms with Gasteiger partial charge in [0, 0.05) is 11.8 Å². The minimum atomic E-state index is -3.27. The summed E-state index contributed by atoms with van der Waals surface area (Å²) in [5.74, 6) is -4.73. The Kier molecular flexibility index (Phi) is 6.10. The monoisotopic (exact) mass is 429 g/mol. The number of nitriles is 1. The van der Waals surface area contributed by atoms with Crippen LogP contribution in [0, 0.1) is 11.3 Å². The van der Waals surface area contributed by atoms with Crippen LogP contribution in [0.3, 0.4) is 0 Å². The summed E-state index contributed by atoms with van der Waals surface area (Å²) in [5, 5.41) is 13.6. The van der Waals surface area contributed by atoms with Gasteiger partial charge in [0.1, 0.15) is 5.75 Å². The van der Waals surface area contributed by atoms with Crippen LogP contribution < -0.4 is 15.4 Å². The minimum absolute atomic E-state index is 0.0236. The van der Waals surface area contributed by atoms with Crippen molar-refractivity contribution in [3.63, 3.8) is 0 Å². The van der Waals surface area contributed by atoms with E-state index in [1.54, 1.807) is 12.1 Å². The molecule has 1 aliphatic rings. The molecule has 0 aliphatic carbocycles. The molecule has 2 N–H and O–H groups in total. The highest BCUT2D eigenvalue weighted by Gasteiger charge is 2.57. The van der Waals surface area contributed by atoms with E-state index >= 15 is 0 Å². The Labute approximate surface area is 175 Å². The zero-order valence-corrected chi connectivity index (χ0v) is 16.3. The lowest BCUT2D eigenvalue weighted by atomic mass is 9.99. The molecule has 0 bridgehead atoms. The van der Waals surface area contributed by atoms with Crippen molar-refractivity contribution in [3.05, 3.63) is 53.9 Å². The van der Waals surface area contributed by atoms with Crippen LogP contribution in [0.2, 0.25) is 0 Å². The largest absolute Gasteiger partial charge is 0.497 e. The molecule has 3 rings (SSSR count). The van der Waals surface area contributed by atoms with Crippen molar-refractivity contribution in [2.75, 3.05) is 25.5 Å². The Hall–Kier alpha value is -4.07. The smallest absolute Gasteiger partial charge is 0.298 e. The Balaban J connectivity index is 1.64. The average molecular weight is 429 g/mol. The van der Waals surface area contributed by atoms with E-state index in [0.717, 1.165) is 0 Å². The molecule has 3 amide bonds. The third-order valence-electron chi connectivity index (χ3n) is 4.60. The van der Waals surface area contributed by atoms with E-state index in [1.165, 1.54) is 43.8 Å². The number of aromatic nitrogens is 1.